The molecule has 0 radical (unpaired) electrons. The van der Waals surface area contributed by atoms with Gasteiger partial charge in [0.05, 0.1) is 20.8 Å². The topological polar surface area (TPSA) is 158 Å². The minimum absolute atomic E-state index is 0.0572. The van der Waals surface area contributed by atoms with Crippen LogP contribution in [0.2, 0.25) is 0 Å². The van der Waals surface area contributed by atoms with Gasteiger partial charge in [-0.25, -0.2) is 0 Å². The van der Waals surface area contributed by atoms with Crippen LogP contribution in [0.4, 0.5) is 5.69 Å². The summed E-state index contributed by atoms with van der Waals surface area (Å²) in [5, 5.41) is 24.2. The van der Waals surface area contributed by atoms with Crippen LogP contribution in [0.1, 0.15) is 43.8 Å². The number of nitro groups is 1. The molecule has 0 saturated carbocycles. The fraction of sp³-hybridized carbons (Fsp3) is 0.316. The molecule has 3 rings (SSSR count). The quantitative estimate of drug-likeness (QED) is 0.267. The summed E-state index contributed by atoms with van der Waals surface area (Å²) in [6.45, 7) is 5.83. The first-order valence-electron chi connectivity index (χ1n) is 9.51. The van der Waals surface area contributed by atoms with E-state index in [0.29, 0.717) is 11.4 Å². The van der Waals surface area contributed by atoms with E-state index in [9.17, 15) is 19.7 Å². The molecule has 0 unspecified atom stereocenters. The molecule has 2 amide bonds. The molecule has 0 aliphatic carbocycles. The zero-order valence-electron chi connectivity index (χ0n) is 17.5. The molecule has 2 N–H and O–H groups in total. The molecule has 2 heterocycles. The standard InChI is InChI=1S/C19H20BrN7O5/c1-10-8-13(4-5-14(10)27(30)31)17(28)21-6-7-22-18(29)19-23-15(25-32-19)9-26-12(3)16(20)11(2)24-26/h4-5,8H,6-7,9H2,1-3H3,(H,21,28)(H,22,29). The highest BCUT2D eigenvalue weighted by Crippen LogP contribution is 2.20. The van der Waals surface area contributed by atoms with Crippen LogP contribution in [0.15, 0.2) is 27.2 Å². The van der Waals surface area contributed by atoms with Crippen molar-refractivity contribution in [1.82, 2.24) is 30.6 Å². The molecular formula is C19H20BrN7O5. The molecule has 0 aliphatic rings. The van der Waals surface area contributed by atoms with Crippen molar-refractivity contribution >= 4 is 33.4 Å². The summed E-state index contributed by atoms with van der Waals surface area (Å²) >= 11 is 3.45. The number of rotatable bonds is 8. The zero-order chi connectivity index (χ0) is 23.4. The highest BCUT2D eigenvalue weighted by molar-refractivity contribution is 9.10. The SMILES string of the molecule is Cc1cc(C(=O)NCCNC(=O)c2nc(Cn3nc(C)c(Br)c3C)no2)ccc1[N+](=O)[O-]. The molecule has 168 valence electrons. The smallest absolute Gasteiger partial charge is 0.316 e. The number of nitro benzene ring substituents is 1. The predicted molar refractivity (Wildman–Crippen MR) is 115 cm³/mol. The van der Waals surface area contributed by atoms with Gasteiger partial charge in [0.1, 0.15) is 6.54 Å². The molecule has 32 heavy (non-hydrogen) atoms. The highest BCUT2D eigenvalue weighted by atomic mass is 79.9. The van der Waals surface area contributed by atoms with Gasteiger partial charge in [-0.3, -0.25) is 24.4 Å². The Labute approximate surface area is 190 Å². The van der Waals surface area contributed by atoms with Crippen molar-refractivity contribution in [2.75, 3.05) is 13.1 Å². The molecular weight excluding hydrogens is 486 g/mol. The van der Waals surface area contributed by atoms with E-state index in [1.165, 1.54) is 18.2 Å². The van der Waals surface area contributed by atoms with Gasteiger partial charge in [0, 0.05) is 30.3 Å². The molecule has 12 nitrogen and oxygen atoms in total. The fourth-order valence-corrected chi connectivity index (χ4v) is 3.19. The third-order valence-electron chi connectivity index (χ3n) is 4.60. The Morgan fingerprint density at radius 2 is 1.88 bits per heavy atom. The molecule has 2 aromatic heterocycles. The number of hydrogen-bond acceptors (Lipinski definition) is 8. The number of carbonyl (C=O) groups excluding carboxylic acids is 2. The summed E-state index contributed by atoms with van der Waals surface area (Å²) < 4.78 is 7.59. The summed E-state index contributed by atoms with van der Waals surface area (Å²) in [6.07, 6.45) is 0. The van der Waals surface area contributed by atoms with Gasteiger partial charge < -0.3 is 15.2 Å². The maximum atomic E-state index is 12.2. The molecule has 0 spiro atoms. The largest absolute Gasteiger partial charge is 0.350 e. The Morgan fingerprint density at radius 3 is 2.47 bits per heavy atom. The van der Waals surface area contributed by atoms with Crippen molar-refractivity contribution in [3.63, 3.8) is 0 Å². The van der Waals surface area contributed by atoms with E-state index < -0.39 is 16.7 Å². The number of nitrogens with zero attached hydrogens (tertiary/aromatic N) is 5. The molecule has 0 aliphatic heterocycles. The molecule has 0 fully saturated rings. The van der Waals surface area contributed by atoms with Gasteiger partial charge in [-0.1, -0.05) is 5.16 Å². The Hall–Kier alpha value is -3.61. The third kappa shape index (κ3) is 5.17. The maximum absolute atomic E-state index is 12.2. The Bertz CT molecular complexity index is 1190. The number of amides is 2. The van der Waals surface area contributed by atoms with Gasteiger partial charge in [0.25, 0.3) is 11.6 Å². The molecule has 0 bridgehead atoms. The number of hydrogen-bond donors (Lipinski definition) is 2. The lowest BCUT2D eigenvalue weighted by atomic mass is 10.1. The lowest BCUT2D eigenvalue weighted by molar-refractivity contribution is -0.385. The van der Waals surface area contributed by atoms with Crippen molar-refractivity contribution in [3.05, 3.63) is 67.0 Å². The summed E-state index contributed by atoms with van der Waals surface area (Å²) in [5.41, 5.74) is 2.35. The summed E-state index contributed by atoms with van der Waals surface area (Å²) in [7, 11) is 0. The number of benzene rings is 1. The molecule has 0 atom stereocenters. The number of carbonyl (C=O) groups is 2. The van der Waals surface area contributed by atoms with E-state index >= 15 is 0 Å². The average molecular weight is 506 g/mol. The van der Waals surface area contributed by atoms with Crippen molar-refractivity contribution in [3.8, 4) is 0 Å². The van der Waals surface area contributed by atoms with E-state index in [1.807, 2.05) is 13.8 Å². The van der Waals surface area contributed by atoms with Crippen LogP contribution in [0, 0.1) is 30.9 Å². The van der Waals surface area contributed by atoms with Gasteiger partial charge in [-0.15, -0.1) is 0 Å². The first-order valence-corrected chi connectivity index (χ1v) is 10.3. The highest BCUT2D eigenvalue weighted by Gasteiger charge is 2.17. The van der Waals surface area contributed by atoms with E-state index in [0.717, 1.165) is 15.9 Å². The predicted octanol–water partition coefficient (Wildman–Crippen LogP) is 2.07. The first-order chi connectivity index (χ1) is 15.2. The molecule has 3 aromatic rings. The van der Waals surface area contributed by atoms with E-state index in [4.69, 9.17) is 4.52 Å². The lowest BCUT2D eigenvalue weighted by Crippen LogP contribution is -2.34. The monoisotopic (exact) mass is 505 g/mol. The van der Waals surface area contributed by atoms with Crippen LogP contribution in [0.5, 0.6) is 0 Å². The van der Waals surface area contributed by atoms with Crippen LogP contribution in [0.3, 0.4) is 0 Å². The van der Waals surface area contributed by atoms with Crippen LogP contribution < -0.4 is 10.6 Å². The van der Waals surface area contributed by atoms with Crippen LogP contribution in [-0.4, -0.2) is 49.7 Å². The fourth-order valence-electron chi connectivity index (χ4n) is 2.90. The Kier molecular flexibility index (Phi) is 6.98. The molecule has 1 aromatic carbocycles. The number of halogens is 1. The van der Waals surface area contributed by atoms with E-state index in [1.54, 1.807) is 11.6 Å². The second-order valence-electron chi connectivity index (χ2n) is 6.93. The van der Waals surface area contributed by atoms with Gasteiger partial charge >= 0.3 is 11.8 Å². The second-order valence-corrected chi connectivity index (χ2v) is 7.72. The van der Waals surface area contributed by atoms with Crippen LogP contribution in [0.25, 0.3) is 0 Å². The second kappa shape index (κ2) is 9.68. The maximum Gasteiger partial charge on any atom is 0.316 e. The van der Waals surface area contributed by atoms with Gasteiger partial charge in [-0.05, 0) is 48.8 Å². The zero-order valence-corrected chi connectivity index (χ0v) is 19.1. The van der Waals surface area contributed by atoms with Crippen LogP contribution >= 0.6 is 15.9 Å². The summed E-state index contributed by atoms with van der Waals surface area (Å²) in [6, 6.07) is 4.09. The molecule has 0 saturated heterocycles. The normalized spacial score (nSPS) is 10.8. The first kappa shape index (κ1) is 23.1. The number of nitrogens with one attached hydrogen (secondary N) is 2. The van der Waals surface area contributed by atoms with E-state index in [2.05, 4.69) is 41.8 Å². The Morgan fingerprint density at radius 1 is 1.19 bits per heavy atom. The van der Waals surface area contributed by atoms with Crippen molar-refractivity contribution in [2.24, 2.45) is 0 Å². The number of aryl methyl sites for hydroxylation is 2. The third-order valence-corrected chi connectivity index (χ3v) is 5.75. The van der Waals surface area contributed by atoms with Crippen molar-refractivity contribution in [2.45, 2.75) is 27.3 Å². The lowest BCUT2D eigenvalue weighted by Gasteiger charge is -2.06. The van der Waals surface area contributed by atoms with Crippen molar-refractivity contribution in [1.29, 1.82) is 0 Å². The minimum Gasteiger partial charge on any atom is -0.350 e. The number of aromatic nitrogens is 4. The van der Waals surface area contributed by atoms with Gasteiger partial charge in [-0.2, -0.15) is 10.1 Å². The minimum atomic E-state index is -0.571. The van der Waals surface area contributed by atoms with Gasteiger partial charge in [0.15, 0.2) is 5.82 Å². The summed E-state index contributed by atoms with van der Waals surface area (Å²) in [5.74, 6) is -0.875. The Balaban J connectivity index is 1.48. The molecule has 13 heteroatoms. The average Bonchev–Trinajstić information content (AvgIpc) is 3.31. The van der Waals surface area contributed by atoms with E-state index in [-0.39, 0.29) is 36.8 Å². The van der Waals surface area contributed by atoms with Crippen LogP contribution in [-0.2, 0) is 6.54 Å². The van der Waals surface area contributed by atoms with Gasteiger partial charge in [0.2, 0.25) is 0 Å². The summed E-state index contributed by atoms with van der Waals surface area (Å²) in [4.78, 5) is 38.8. The van der Waals surface area contributed by atoms with Crippen molar-refractivity contribution < 1.29 is 19.0 Å².